The lowest BCUT2D eigenvalue weighted by atomic mass is 10.1. The molecule has 0 saturated carbocycles. The van der Waals surface area contributed by atoms with Crippen LogP contribution in [0.4, 0.5) is 5.95 Å². The van der Waals surface area contributed by atoms with Crippen LogP contribution < -0.4 is 15.3 Å². The van der Waals surface area contributed by atoms with E-state index in [2.05, 4.69) is 27.0 Å². The molecule has 0 aliphatic carbocycles. The van der Waals surface area contributed by atoms with Crippen LogP contribution >= 0.6 is 20.1 Å². The molecule has 11 nitrogen and oxygen atoms in total. The molecule has 1 aromatic carbocycles. The van der Waals surface area contributed by atoms with Gasteiger partial charge in [-0.25, -0.2) is 15.1 Å². The zero-order valence-corrected chi connectivity index (χ0v) is 22.1. The number of anilines is 1. The van der Waals surface area contributed by atoms with Gasteiger partial charge < -0.3 is 24.3 Å². The number of ether oxygens (including phenoxy) is 2. The summed E-state index contributed by atoms with van der Waals surface area (Å²) in [5, 5.41) is 3.69. The summed E-state index contributed by atoms with van der Waals surface area (Å²) in [5.41, 5.74) is 7.03. The molecule has 5 unspecified atom stereocenters. The Bertz CT molecular complexity index is 1180. The average molecular weight is 537 g/mol. The maximum Gasteiger partial charge on any atom is 0.323 e. The van der Waals surface area contributed by atoms with Crippen molar-refractivity contribution in [3.8, 4) is 5.75 Å². The van der Waals surface area contributed by atoms with Gasteiger partial charge >= 0.3 is 14.5 Å². The zero-order valence-electron chi connectivity index (χ0n) is 20.5. The van der Waals surface area contributed by atoms with Crippen LogP contribution in [0.25, 0.3) is 11.2 Å². The number of esters is 1. The number of fused-ring (bicyclic) bond motifs is 1. The van der Waals surface area contributed by atoms with Crippen LogP contribution in [-0.2, 0) is 18.8 Å². The highest BCUT2D eigenvalue weighted by Gasteiger charge is 2.36. The quantitative estimate of drug-likeness (QED) is 0.286. The van der Waals surface area contributed by atoms with Crippen molar-refractivity contribution in [1.82, 2.24) is 24.6 Å². The second-order valence-electron chi connectivity index (χ2n) is 8.89. The Balaban J connectivity index is 1.42. The number of carbonyl (C=O) groups excluding carboxylic acids is 1. The lowest BCUT2D eigenvalue weighted by Crippen LogP contribution is -2.35. The number of rotatable bonds is 10. The number of nitrogens with one attached hydrogen (secondary N) is 1. The molecule has 4 rings (SSSR count). The largest absolute Gasteiger partial charge is 0.462 e. The predicted molar refractivity (Wildman–Crippen MR) is 136 cm³/mol. The highest BCUT2D eigenvalue weighted by Crippen LogP contribution is 2.40. The molecule has 0 amide bonds. The van der Waals surface area contributed by atoms with Gasteiger partial charge in [-0.2, -0.15) is 4.98 Å². The third-order valence-corrected chi connectivity index (χ3v) is 7.06. The summed E-state index contributed by atoms with van der Waals surface area (Å²) in [6, 6.07) is 6.28. The van der Waals surface area contributed by atoms with Gasteiger partial charge in [0.05, 0.1) is 31.3 Å². The van der Waals surface area contributed by atoms with Gasteiger partial charge in [-0.3, -0.25) is 9.36 Å². The van der Waals surface area contributed by atoms with Crippen molar-refractivity contribution in [1.29, 1.82) is 0 Å². The third kappa shape index (κ3) is 6.60. The molecule has 3 heterocycles. The van der Waals surface area contributed by atoms with E-state index >= 15 is 0 Å². The topological polar surface area (TPSA) is 136 Å². The van der Waals surface area contributed by atoms with E-state index in [0.29, 0.717) is 21.9 Å². The minimum Gasteiger partial charge on any atom is -0.462 e. The molecule has 1 aliphatic rings. The van der Waals surface area contributed by atoms with Crippen molar-refractivity contribution in [2.75, 3.05) is 12.3 Å². The van der Waals surface area contributed by atoms with Crippen LogP contribution in [-0.4, -0.2) is 50.3 Å². The monoisotopic (exact) mass is 536 g/mol. The molecule has 13 heteroatoms. The van der Waals surface area contributed by atoms with E-state index in [1.165, 1.54) is 0 Å². The molecule has 5 atom stereocenters. The van der Waals surface area contributed by atoms with Crippen molar-refractivity contribution in [3.05, 3.63) is 41.8 Å². The first kappa shape index (κ1) is 26.5. The second-order valence-corrected chi connectivity index (χ2v) is 10.5. The van der Waals surface area contributed by atoms with Crippen LogP contribution in [0.15, 0.2) is 36.8 Å². The molecule has 0 radical (unpaired) electrons. The van der Waals surface area contributed by atoms with E-state index in [1.807, 2.05) is 4.57 Å². The molecule has 194 valence electrons. The van der Waals surface area contributed by atoms with Crippen molar-refractivity contribution < 1.29 is 23.3 Å². The molecule has 1 aliphatic heterocycles. The lowest BCUT2D eigenvalue weighted by molar-refractivity contribution is -0.149. The zero-order chi connectivity index (χ0) is 25.8. The first-order valence-corrected chi connectivity index (χ1v) is 13.2. The first-order chi connectivity index (χ1) is 17.2. The van der Waals surface area contributed by atoms with Crippen molar-refractivity contribution >= 4 is 43.2 Å². The number of imidazole rings is 1. The summed E-state index contributed by atoms with van der Waals surface area (Å²) in [4.78, 5) is 25.0. The Morgan fingerprint density at radius 2 is 2.06 bits per heavy atom. The number of aromatic nitrogens is 4. The summed E-state index contributed by atoms with van der Waals surface area (Å²) in [5.74, 6) is 0.516. The predicted octanol–water partition coefficient (Wildman–Crippen LogP) is 4.24. The van der Waals surface area contributed by atoms with Gasteiger partial charge in [-0.1, -0.05) is 18.5 Å². The fraction of sp³-hybridized carbons (Fsp3) is 0.478. The molecular weight excluding hydrogens is 507 g/mol. The van der Waals surface area contributed by atoms with Gasteiger partial charge in [0.25, 0.3) is 0 Å². The maximum absolute atomic E-state index is 12.3. The third-order valence-electron chi connectivity index (χ3n) is 5.45. The van der Waals surface area contributed by atoms with E-state index in [0.717, 1.165) is 6.42 Å². The average Bonchev–Trinajstić information content (AvgIpc) is 3.40. The van der Waals surface area contributed by atoms with E-state index in [-0.39, 0.29) is 42.9 Å². The summed E-state index contributed by atoms with van der Waals surface area (Å²) in [6.07, 6.45) is 3.31. The molecule has 1 fully saturated rings. The molecule has 1 saturated heterocycles. The van der Waals surface area contributed by atoms with E-state index < -0.39 is 14.6 Å². The Morgan fingerprint density at radius 1 is 1.31 bits per heavy atom. The fourth-order valence-corrected chi connectivity index (χ4v) is 5.11. The Kier molecular flexibility index (Phi) is 8.58. The maximum atomic E-state index is 12.3. The molecule has 36 heavy (non-hydrogen) atoms. The van der Waals surface area contributed by atoms with Crippen LogP contribution in [0.5, 0.6) is 5.75 Å². The molecule has 3 aromatic rings. The van der Waals surface area contributed by atoms with Crippen molar-refractivity contribution in [2.24, 2.45) is 5.92 Å². The highest BCUT2D eigenvalue weighted by molar-refractivity contribution is 7.45. The summed E-state index contributed by atoms with van der Waals surface area (Å²) >= 11 is 5.99. The van der Waals surface area contributed by atoms with Gasteiger partial charge in [-0.05, 0) is 51.5 Å². The van der Waals surface area contributed by atoms with Gasteiger partial charge in [0.1, 0.15) is 23.5 Å². The smallest absolute Gasteiger partial charge is 0.323 e. The number of nitrogens with two attached hydrogens (primary N) is 1. The van der Waals surface area contributed by atoms with Gasteiger partial charge in [0, 0.05) is 10.9 Å². The SMILES string of the molecule is CC(C)OC(=O)C(C)NP(OCC1CC(C)C(n2cnc3cnc(N)nc32)O1)Oc1ccc(Cl)cc1. The summed E-state index contributed by atoms with van der Waals surface area (Å²) < 4.78 is 25.6. The minimum atomic E-state index is -1.70. The van der Waals surface area contributed by atoms with Crippen LogP contribution in [0, 0.1) is 5.92 Å². The number of hydrogen-bond donors (Lipinski definition) is 2. The van der Waals surface area contributed by atoms with E-state index in [9.17, 15) is 4.79 Å². The number of carbonyl (C=O) groups is 1. The summed E-state index contributed by atoms with van der Waals surface area (Å²) in [7, 11) is -1.70. The number of nitrogen functional groups attached to an aromatic ring is 1. The number of hydrogen-bond acceptors (Lipinski definition) is 10. The Morgan fingerprint density at radius 3 is 2.78 bits per heavy atom. The van der Waals surface area contributed by atoms with Crippen LogP contribution in [0.1, 0.15) is 40.3 Å². The van der Waals surface area contributed by atoms with Crippen LogP contribution in [0.2, 0.25) is 5.02 Å². The second kappa shape index (κ2) is 11.7. The van der Waals surface area contributed by atoms with Crippen molar-refractivity contribution in [3.63, 3.8) is 0 Å². The molecule has 2 aromatic heterocycles. The summed E-state index contributed by atoms with van der Waals surface area (Å²) in [6.45, 7) is 7.65. The molecule has 0 spiro atoms. The highest BCUT2D eigenvalue weighted by atomic mass is 35.5. The Labute approximate surface area is 215 Å². The molecule has 0 bridgehead atoms. The van der Waals surface area contributed by atoms with E-state index in [4.69, 9.17) is 35.9 Å². The van der Waals surface area contributed by atoms with Gasteiger partial charge in [0.2, 0.25) is 5.95 Å². The normalized spacial score (nSPS) is 21.6. The number of halogens is 1. The lowest BCUT2D eigenvalue weighted by Gasteiger charge is -2.23. The standard InChI is InChI=1S/C23H30ClN6O5P/c1-13(2)33-22(31)15(4)29-36(35-17-7-5-16(24)6-8-17)32-11-18-9-14(3)21(34-18)30-12-27-19-10-26-23(25)28-20(19)30/h5-8,10,12-15,18,21,29H,9,11H2,1-4H3,(H2,25,26,28). The first-order valence-electron chi connectivity index (χ1n) is 11.6. The van der Waals surface area contributed by atoms with E-state index in [1.54, 1.807) is 57.6 Å². The van der Waals surface area contributed by atoms with Crippen molar-refractivity contribution in [2.45, 2.75) is 58.6 Å². The van der Waals surface area contributed by atoms with Gasteiger partial charge in [-0.15, -0.1) is 0 Å². The van der Waals surface area contributed by atoms with Crippen LogP contribution in [0.3, 0.4) is 0 Å². The fourth-order valence-electron chi connectivity index (χ4n) is 3.77. The van der Waals surface area contributed by atoms with Gasteiger partial charge in [0.15, 0.2) is 5.65 Å². The number of nitrogens with zero attached hydrogens (tertiary/aromatic N) is 4. The Hall–Kier alpha value is -2.56. The number of benzene rings is 1. The molecular formula is C23H30ClN6O5P. The molecule has 3 N–H and O–H groups in total. The minimum absolute atomic E-state index is 0.170.